The molecule has 0 radical (unpaired) electrons. The van der Waals surface area contributed by atoms with Crippen LogP contribution in [0, 0.1) is 26.6 Å². The second-order valence-corrected chi connectivity index (χ2v) is 6.50. The third-order valence-electron chi connectivity index (χ3n) is 3.21. The van der Waals surface area contributed by atoms with Gasteiger partial charge in [0.2, 0.25) is 0 Å². The van der Waals surface area contributed by atoms with Gasteiger partial charge in [0.25, 0.3) is 10.0 Å². The zero-order valence-electron chi connectivity index (χ0n) is 11.6. The maximum absolute atomic E-state index is 13.4. The predicted molar refractivity (Wildman–Crippen MR) is 77.9 cm³/mol. The van der Waals surface area contributed by atoms with Gasteiger partial charge < -0.3 is 0 Å². The van der Waals surface area contributed by atoms with Crippen molar-refractivity contribution in [1.82, 2.24) is 0 Å². The van der Waals surface area contributed by atoms with Gasteiger partial charge in [0.1, 0.15) is 5.82 Å². The zero-order chi connectivity index (χ0) is 14.9. The number of rotatable bonds is 3. The van der Waals surface area contributed by atoms with Gasteiger partial charge in [0.05, 0.1) is 10.6 Å². The van der Waals surface area contributed by atoms with Crippen LogP contribution in [0.1, 0.15) is 16.7 Å². The average molecular weight is 293 g/mol. The van der Waals surface area contributed by atoms with E-state index in [4.69, 9.17) is 0 Å². The molecule has 3 nitrogen and oxygen atoms in total. The second-order valence-electron chi connectivity index (χ2n) is 4.82. The molecule has 0 aromatic heterocycles. The summed E-state index contributed by atoms with van der Waals surface area (Å²) < 4.78 is 40.3. The van der Waals surface area contributed by atoms with E-state index in [1.54, 1.807) is 19.1 Å². The van der Waals surface area contributed by atoms with Gasteiger partial charge in [-0.3, -0.25) is 4.72 Å². The van der Waals surface area contributed by atoms with Crippen molar-refractivity contribution in [3.05, 3.63) is 58.9 Å². The fourth-order valence-electron chi connectivity index (χ4n) is 1.75. The molecular formula is C15H16FNO2S. The van der Waals surface area contributed by atoms with E-state index < -0.39 is 15.8 Å². The van der Waals surface area contributed by atoms with Gasteiger partial charge in [-0.15, -0.1) is 0 Å². The topological polar surface area (TPSA) is 46.2 Å². The van der Waals surface area contributed by atoms with E-state index in [0.29, 0.717) is 5.56 Å². The molecule has 0 spiro atoms. The van der Waals surface area contributed by atoms with Crippen molar-refractivity contribution in [2.75, 3.05) is 4.72 Å². The van der Waals surface area contributed by atoms with Crippen LogP contribution in [0.2, 0.25) is 0 Å². The summed E-state index contributed by atoms with van der Waals surface area (Å²) in [5, 5.41) is 0. The van der Waals surface area contributed by atoms with Crippen LogP contribution >= 0.6 is 0 Å². The van der Waals surface area contributed by atoms with Crippen LogP contribution < -0.4 is 4.72 Å². The molecule has 0 saturated heterocycles. The summed E-state index contributed by atoms with van der Waals surface area (Å²) in [7, 11) is -3.70. The number of sulfonamides is 1. The Kier molecular flexibility index (Phi) is 3.81. The van der Waals surface area contributed by atoms with Gasteiger partial charge >= 0.3 is 0 Å². The first-order valence-electron chi connectivity index (χ1n) is 6.16. The minimum absolute atomic E-state index is 0.168. The van der Waals surface area contributed by atoms with Gasteiger partial charge in [-0.05, 0) is 61.7 Å². The number of halogens is 1. The average Bonchev–Trinajstić information content (AvgIpc) is 2.37. The number of benzene rings is 2. The molecule has 2 rings (SSSR count). The molecule has 106 valence electrons. The second kappa shape index (κ2) is 5.25. The van der Waals surface area contributed by atoms with E-state index in [2.05, 4.69) is 4.72 Å². The summed E-state index contributed by atoms with van der Waals surface area (Å²) in [6.45, 7) is 5.38. The Morgan fingerprint density at radius 2 is 1.55 bits per heavy atom. The summed E-state index contributed by atoms with van der Waals surface area (Å²) in [5.41, 5.74) is 2.60. The minimum Gasteiger partial charge on any atom is -0.280 e. The van der Waals surface area contributed by atoms with Gasteiger partial charge in [-0.2, -0.15) is 0 Å². The fourth-order valence-corrected chi connectivity index (χ4v) is 2.89. The number of hydrogen-bond donors (Lipinski definition) is 1. The van der Waals surface area contributed by atoms with Crippen LogP contribution in [-0.2, 0) is 10.0 Å². The third-order valence-corrected chi connectivity index (χ3v) is 4.59. The predicted octanol–water partition coefficient (Wildman–Crippen LogP) is 3.55. The van der Waals surface area contributed by atoms with Crippen molar-refractivity contribution < 1.29 is 12.8 Å². The molecule has 0 saturated carbocycles. The Morgan fingerprint density at radius 3 is 2.15 bits per heavy atom. The molecule has 2 aromatic carbocycles. The van der Waals surface area contributed by atoms with Crippen molar-refractivity contribution in [3.63, 3.8) is 0 Å². The molecule has 0 bridgehead atoms. The molecule has 1 N–H and O–H groups in total. The highest BCUT2D eigenvalue weighted by atomic mass is 32.2. The molecule has 0 atom stereocenters. The van der Waals surface area contributed by atoms with E-state index in [9.17, 15) is 12.8 Å². The third kappa shape index (κ3) is 2.99. The molecule has 0 aliphatic rings. The summed E-state index contributed by atoms with van der Waals surface area (Å²) in [4.78, 5) is 0.168. The molecule has 0 fully saturated rings. The molecule has 0 amide bonds. The van der Waals surface area contributed by atoms with Crippen LogP contribution in [0.25, 0.3) is 0 Å². The molecule has 20 heavy (non-hydrogen) atoms. The maximum Gasteiger partial charge on any atom is 0.261 e. The molecule has 0 heterocycles. The van der Waals surface area contributed by atoms with E-state index in [1.165, 1.54) is 24.3 Å². The highest BCUT2D eigenvalue weighted by Crippen LogP contribution is 2.20. The van der Waals surface area contributed by atoms with Crippen LogP contribution in [0.5, 0.6) is 0 Å². The van der Waals surface area contributed by atoms with Crippen LogP contribution in [0.4, 0.5) is 10.1 Å². The molecule has 0 aliphatic carbocycles. The first-order valence-corrected chi connectivity index (χ1v) is 7.64. The Balaban J connectivity index is 2.35. The van der Waals surface area contributed by atoms with E-state index in [1.807, 2.05) is 13.8 Å². The van der Waals surface area contributed by atoms with Gasteiger partial charge in [-0.25, -0.2) is 12.8 Å². The lowest BCUT2D eigenvalue weighted by atomic mass is 10.1. The van der Waals surface area contributed by atoms with E-state index in [0.717, 1.165) is 11.1 Å². The monoisotopic (exact) mass is 293 g/mol. The Hall–Kier alpha value is -1.88. The van der Waals surface area contributed by atoms with Crippen LogP contribution in [0.3, 0.4) is 0 Å². The lowest BCUT2D eigenvalue weighted by Crippen LogP contribution is -2.13. The minimum atomic E-state index is -3.70. The first kappa shape index (κ1) is 14.5. The molecule has 0 unspecified atom stereocenters. The Labute approximate surface area is 118 Å². The van der Waals surface area contributed by atoms with E-state index in [-0.39, 0.29) is 10.6 Å². The lowest BCUT2D eigenvalue weighted by Gasteiger charge is -2.10. The van der Waals surface area contributed by atoms with Crippen molar-refractivity contribution in [3.8, 4) is 0 Å². The van der Waals surface area contributed by atoms with Crippen LogP contribution in [-0.4, -0.2) is 8.42 Å². The van der Waals surface area contributed by atoms with Crippen LogP contribution in [0.15, 0.2) is 41.3 Å². The van der Waals surface area contributed by atoms with Crippen molar-refractivity contribution in [2.45, 2.75) is 25.7 Å². The summed E-state index contributed by atoms with van der Waals surface area (Å²) in [6, 6.07) is 9.13. The summed E-state index contributed by atoms with van der Waals surface area (Å²) in [5.74, 6) is -0.440. The number of aryl methyl sites for hydroxylation is 3. The summed E-state index contributed by atoms with van der Waals surface area (Å²) >= 11 is 0. The largest absolute Gasteiger partial charge is 0.280 e. The number of nitrogens with one attached hydrogen (secondary N) is 1. The molecule has 0 aliphatic heterocycles. The van der Waals surface area contributed by atoms with Gasteiger partial charge in [-0.1, -0.05) is 12.1 Å². The smallest absolute Gasteiger partial charge is 0.261 e. The summed E-state index contributed by atoms with van der Waals surface area (Å²) in [6.07, 6.45) is 0. The standard InChI is InChI=1S/C15H16FNO2S/c1-10-5-7-14(8-12(10)3)20(18,19)17-13-6-4-11(2)15(16)9-13/h4-9,17H,1-3H3. The normalized spacial score (nSPS) is 11.4. The Morgan fingerprint density at radius 1 is 0.900 bits per heavy atom. The fraction of sp³-hybridized carbons (Fsp3) is 0.200. The van der Waals surface area contributed by atoms with Gasteiger partial charge in [0, 0.05) is 0 Å². The van der Waals surface area contributed by atoms with Crippen molar-refractivity contribution in [1.29, 1.82) is 0 Å². The highest BCUT2D eigenvalue weighted by Gasteiger charge is 2.15. The maximum atomic E-state index is 13.4. The molecule has 5 heteroatoms. The van der Waals surface area contributed by atoms with Crippen molar-refractivity contribution >= 4 is 15.7 Å². The molecular weight excluding hydrogens is 277 g/mol. The van der Waals surface area contributed by atoms with Crippen molar-refractivity contribution in [2.24, 2.45) is 0 Å². The van der Waals surface area contributed by atoms with E-state index >= 15 is 0 Å². The highest BCUT2D eigenvalue weighted by molar-refractivity contribution is 7.92. The lowest BCUT2D eigenvalue weighted by molar-refractivity contribution is 0.601. The first-order chi connectivity index (χ1) is 9.29. The molecule has 2 aromatic rings. The quantitative estimate of drug-likeness (QED) is 0.940. The van der Waals surface area contributed by atoms with Gasteiger partial charge in [0.15, 0.2) is 0 Å². The Bertz CT molecular complexity index is 754. The number of anilines is 1. The SMILES string of the molecule is Cc1ccc(S(=O)(=O)Nc2ccc(C)c(F)c2)cc1C. The zero-order valence-corrected chi connectivity index (χ0v) is 12.4. The number of hydrogen-bond acceptors (Lipinski definition) is 2.